The number of thiazole rings is 1. The third-order valence-electron chi connectivity index (χ3n) is 3.56. The van der Waals surface area contributed by atoms with Gasteiger partial charge in [0.05, 0.1) is 30.9 Å². The summed E-state index contributed by atoms with van der Waals surface area (Å²) in [5.41, 5.74) is 2.78. The van der Waals surface area contributed by atoms with E-state index in [-0.39, 0.29) is 24.0 Å². The van der Waals surface area contributed by atoms with Gasteiger partial charge in [-0.15, -0.1) is 35.3 Å². The van der Waals surface area contributed by atoms with Crippen LogP contribution in [0.2, 0.25) is 0 Å². The van der Waals surface area contributed by atoms with Crippen molar-refractivity contribution in [2.45, 2.75) is 26.9 Å². The van der Waals surface area contributed by atoms with E-state index in [0.717, 1.165) is 28.8 Å². The fraction of sp³-hybridized carbons (Fsp3) is 0.389. The van der Waals surface area contributed by atoms with Crippen molar-refractivity contribution in [2.24, 2.45) is 4.99 Å². The highest BCUT2D eigenvalue weighted by Gasteiger charge is 2.08. The van der Waals surface area contributed by atoms with E-state index in [9.17, 15) is 4.79 Å². The lowest BCUT2D eigenvalue weighted by Gasteiger charge is -2.21. The standard InChI is InChI=1S/C18H25N5O2S.HI/c1-5-19-17(23(3)11-16-12-26-13(2)21-16)20-10-14-6-8-15(9-7-14)22-18(24)25-4;/h6-9,12H,5,10-11H2,1-4H3,(H,19,20)(H,22,24);1H. The lowest BCUT2D eigenvalue weighted by molar-refractivity contribution is 0.187. The van der Waals surface area contributed by atoms with Crippen LogP contribution in [-0.2, 0) is 17.8 Å². The highest BCUT2D eigenvalue weighted by Crippen LogP contribution is 2.12. The van der Waals surface area contributed by atoms with E-state index in [1.807, 2.05) is 45.2 Å². The molecule has 0 spiro atoms. The minimum absolute atomic E-state index is 0. The van der Waals surface area contributed by atoms with E-state index >= 15 is 0 Å². The molecule has 0 aliphatic carbocycles. The zero-order chi connectivity index (χ0) is 18.9. The summed E-state index contributed by atoms with van der Waals surface area (Å²) in [6, 6.07) is 7.52. The first kappa shape index (κ1) is 23.2. The summed E-state index contributed by atoms with van der Waals surface area (Å²) in [6.07, 6.45) is -0.482. The van der Waals surface area contributed by atoms with Crippen LogP contribution in [-0.4, -0.2) is 42.6 Å². The normalized spacial score (nSPS) is 10.7. The van der Waals surface area contributed by atoms with Gasteiger partial charge in [0.25, 0.3) is 0 Å². The van der Waals surface area contributed by atoms with Crippen molar-refractivity contribution < 1.29 is 9.53 Å². The van der Waals surface area contributed by atoms with Gasteiger partial charge in [0, 0.05) is 24.7 Å². The second-order valence-electron chi connectivity index (χ2n) is 5.70. The topological polar surface area (TPSA) is 78.8 Å². The maximum atomic E-state index is 11.2. The molecule has 7 nitrogen and oxygen atoms in total. The molecule has 0 atom stereocenters. The fourth-order valence-corrected chi connectivity index (χ4v) is 2.90. The van der Waals surface area contributed by atoms with Crippen molar-refractivity contribution in [3.05, 3.63) is 45.9 Å². The van der Waals surface area contributed by atoms with Gasteiger partial charge >= 0.3 is 6.09 Å². The first-order chi connectivity index (χ1) is 12.5. The Morgan fingerprint density at radius 1 is 1.33 bits per heavy atom. The zero-order valence-electron chi connectivity index (χ0n) is 16.0. The van der Waals surface area contributed by atoms with Crippen LogP contribution >= 0.6 is 35.3 Å². The third-order valence-corrected chi connectivity index (χ3v) is 4.38. The first-order valence-corrected chi connectivity index (χ1v) is 9.24. The van der Waals surface area contributed by atoms with Crippen LogP contribution in [0, 0.1) is 6.92 Å². The number of guanidine groups is 1. The number of carbonyl (C=O) groups excluding carboxylic acids is 1. The second kappa shape index (κ2) is 11.8. The SMILES string of the molecule is CCNC(=NCc1ccc(NC(=O)OC)cc1)N(C)Cc1csc(C)n1.I. The van der Waals surface area contributed by atoms with Gasteiger partial charge in [-0.3, -0.25) is 5.32 Å². The average molecular weight is 503 g/mol. The van der Waals surface area contributed by atoms with Crippen LogP contribution in [0.4, 0.5) is 10.5 Å². The van der Waals surface area contributed by atoms with Gasteiger partial charge in [-0.1, -0.05) is 12.1 Å². The molecule has 2 rings (SSSR count). The quantitative estimate of drug-likeness (QED) is 0.356. The molecule has 27 heavy (non-hydrogen) atoms. The number of hydrogen-bond donors (Lipinski definition) is 2. The van der Waals surface area contributed by atoms with Crippen LogP contribution in [0.25, 0.3) is 0 Å². The number of nitrogens with one attached hydrogen (secondary N) is 2. The van der Waals surface area contributed by atoms with Crippen molar-refractivity contribution >= 4 is 53.1 Å². The highest BCUT2D eigenvalue weighted by atomic mass is 127. The largest absolute Gasteiger partial charge is 0.453 e. The monoisotopic (exact) mass is 503 g/mol. The molecule has 0 bridgehead atoms. The number of amides is 1. The number of hydrogen-bond acceptors (Lipinski definition) is 5. The van der Waals surface area contributed by atoms with E-state index in [1.54, 1.807) is 11.3 Å². The minimum atomic E-state index is -0.482. The van der Waals surface area contributed by atoms with Gasteiger partial charge in [0.2, 0.25) is 0 Å². The smallest absolute Gasteiger partial charge is 0.411 e. The molecule has 0 fully saturated rings. The molecular weight excluding hydrogens is 477 g/mol. The van der Waals surface area contributed by atoms with Crippen LogP contribution in [0.3, 0.4) is 0 Å². The summed E-state index contributed by atoms with van der Waals surface area (Å²) in [5, 5.41) is 9.07. The molecule has 0 unspecified atom stereocenters. The summed E-state index contributed by atoms with van der Waals surface area (Å²) >= 11 is 1.65. The van der Waals surface area contributed by atoms with Crippen molar-refractivity contribution in [2.75, 3.05) is 26.0 Å². The summed E-state index contributed by atoms with van der Waals surface area (Å²) in [4.78, 5) is 22.5. The molecule has 0 aliphatic rings. The third kappa shape index (κ3) is 7.71. The molecule has 1 aromatic heterocycles. The molecule has 0 saturated carbocycles. The Labute approximate surface area is 181 Å². The van der Waals surface area contributed by atoms with Gasteiger partial charge in [-0.05, 0) is 31.5 Å². The van der Waals surface area contributed by atoms with Crippen LogP contribution in [0.1, 0.15) is 23.2 Å². The highest BCUT2D eigenvalue weighted by molar-refractivity contribution is 14.0. The maximum Gasteiger partial charge on any atom is 0.411 e. The summed E-state index contributed by atoms with van der Waals surface area (Å²) in [5.74, 6) is 0.829. The number of nitrogens with zero attached hydrogens (tertiary/aromatic N) is 3. The van der Waals surface area contributed by atoms with E-state index in [2.05, 4.69) is 35.6 Å². The number of ether oxygens (including phenoxy) is 1. The lowest BCUT2D eigenvalue weighted by Crippen LogP contribution is -2.38. The molecule has 2 N–H and O–H groups in total. The lowest BCUT2D eigenvalue weighted by atomic mass is 10.2. The van der Waals surface area contributed by atoms with Crippen molar-refractivity contribution in [3.8, 4) is 0 Å². The summed E-state index contributed by atoms with van der Waals surface area (Å²) in [7, 11) is 3.34. The number of benzene rings is 1. The number of rotatable bonds is 6. The molecule has 1 aromatic carbocycles. The molecule has 148 valence electrons. The van der Waals surface area contributed by atoms with Crippen molar-refractivity contribution in [1.29, 1.82) is 0 Å². The average Bonchev–Trinajstić information content (AvgIpc) is 3.04. The maximum absolute atomic E-state index is 11.2. The van der Waals surface area contributed by atoms with Gasteiger partial charge in [-0.2, -0.15) is 0 Å². The Morgan fingerprint density at radius 3 is 2.59 bits per heavy atom. The van der Waals surface area contributed by atoms with Crippen molar-refractivity contribution in [1.82, 2.24) is 15.2 Å². The van der Waals surface area contributed by atoms with E-state index < -0.39 is 6.09 Å². The zero-order valence-corrected chi connectivity index (χ0v) is 19.1. The molecule has 0 radical (unpaired) electrons. The molecule has 1 amide bonds. The predicted octanol–water partition coefficient (Wildman–Crippen LogP) is 3.85. The van der Waals surface area contributed by atoms with Gasteiger partial charge in [0.15, 0.2) is 5.96 Å². The van der Waals surface area contributed by atoms with Gasteiger partial charge < -0.3 is 15.0 Å². The summed E-state index contributed by atoms with van der Waals surface area (Å²) in [6.45, 7) is 6.09. The van der Waals surface area contributed by atoms with E-state index in [0.29, 0.717) is 18.8 Å². The number of aliphatic imine (C=N–C) groups is 1. The number of aromatic nitrogens is 1. The van der Waals surface area contributed by atoms with Crippen LogP contribution < -0.4 is 10.6 Å². The number of anilines is 1. The summed E-state index contributed by atoms with van der Waals surface area (Å²) < 4.78 is 4.58. The molecule has 0 aliphatic heterocycles. The Kier molecular flexibility index (Phi) is 10.1. The Balaban J connectivity index is 0.00000364. The molecular formula is C18H26IN5O2S. The predicted molar refractivity (Wildman–Crippen MR) is 121 cm³/mol. The Morgan fingerprint density at radius 2 is 2.04 bits per heavy atom. The number of methoxy groups -OCH3 is 1. The minimum Gasteiger partial charge on any atom is -0.453 e. The molecule has 1 heterocycles. The first-order valence-electron chi connectivity index (χ1n) is 8.36. The number of aryl methyl sites for hydroxylation is 1. The Bertz CT molecular complexity index is 748. The van der Waals surface area contributed by atoms with E-state index in [1.165, 1.54) is 7.11 Å². The van der Waals surface area contributed by atoms with Crippen LogP contribution in [0.15, 0.2) is 34.6 Å². The van der Waals surface area contributed by atoms with E-state index in [4.69, 9.17) is 0 Å². The fourth-order valence-electron chi connectivity index (χ4n) is 2.30. The van der Waals surface area contributed by atoms with Crippen molar-refractivity contribution in [3.63, 3.8) is 0 Å². The number of halogens is 1. The van der Waals surface area contributed by atoms with Gasteiger partial charge in [0.1, 0.15) is 0 Å². The Hall–Kier alpha value is -1.88. The second-order valence-corrected chi connectivity index (χ2v) is 6.76. The van der Waals surface area contributed by atoms with Crippen LogP contribution in [0.5, 0.6) is 0 Å². The molecule has 9 heteroatoms. The molecule has 2 aromatic rings. The molecule has 0 saturated heterocycles. The number of carbonyl (C=O) groups is 1. The van der Waals surface area contributed by atoms with Gasteiger partial charge in [-0.25, -0.2) is 14.8 Å².